The number of carboxylic acid groups (broad SMARTS) is 1. The molecule has 1 fully saturated rings. The Labute approximate surface area is 87.7 Å². The Balaban J connectivity index is 2.14. The molecule has 4 N–H and O–H groups in total. The zero-order chi connectivity index (χ0) is 11.3. The van der Waals surface area contributed by atoms with Gasteiger partial charge in [-0.2, -0.15) is 0 Å². The summed E-state index contributed by atoms with van der Waals surface area (Å²) in [7, 11) is 0. The van der Waals surface area contributed by atoms with Gasteiger partial charge in [0.05, 0.1) is 6.04 Å². The van der Waals surface area contributed by atoms with Crippen LogP contribution in [0.15, 0.2) is 0 Å². The molecule has 1 unspecified atom stereocenters. The van der Waals surface area contributed by atoms with Crippen LogP contribution >= 0.6 is 0 Å². The third-order valence-corrected chi connectivity index (χ3v) is 2.38. The van der Waals surface area contributed by atoms with Crippen molar-refractivity contribution >= 4 is 11.9 Å². The minimum absolute atomic E-state index is 0.0355. The molecular weight excluding hydrogens is 200 g/mol. The van der Waals surface area contributed by atoms with Gasteiger partial charge in [0.2, 0.25) is 5.91 Å². The second kappa shape index (κ2) is 5.67. The third-order valence-electron chi connectivity index (χ3n) is 2.38. The van der Waals surface area contributed by atoms with Gasteiger partial charge < -0.3 is 20.8 Å². The van der Waals surface area contributed by atoms with E-state index < -0.39 is 12.1 Å². The highest BCUT2D eigenvalue weighted by molar-refractivity contribution is 5.82. The molecule has 1 amide bonds. The predicted octanol–water partition coefficient (Wildman–Crippen LogP) is -1.31. The van der Waals surface area contributed by atoms with E-state index in [1.54, 1.807) is 0 Å². The van der Waals surface area contributed by atoms with Gasteiger partial charge in [0.15, 0.2) is 6.10 Å². The van der Waals surface area contributed by atoms with Gasteiger partial charge in [0.25, 0.3) is 0 Å². The average Bonchev–Trinajstić information content (AvgIpc) is 2.70. The summed E-state index contributed by atoms with van der Waals surface area (Å²) in [4.78, 5) is 21.7. The lowest BCUT2D eigenvalue weighted by molar-refractivity contribution is -0.147. The molecule has 0 saturated carbocycles. The first-order valence-corrected chi connectivity index (χ1v) is 5.03. The molecule has 1 saturated heterocycles. The van der Waals surface area contributed by atoms with Gasteiger partial charge in [0.1, 0.15) is 0 Å². The van der Waals surface area contributed by atoms with Crippen molar-refractivity contribution < 1.29 is 19.8 Å². The number of aliphatic hydroxyl groups is 1. The van der Waals surface area contributed by atoms with Crippen molar-refractivity contribution in [2.75, 3.05) is 13.1 Å². The number of hydrogen-bond donors (Lipinski definition) is 4. The summed E-state index contributed by atoms with van der Waals surface area (Å²) in [5.41, 5.74) is 0. The zero-order valence-electron chi connectivity index (χ0n) is 8.40. The average molecular weight is 216 g/mol. The van der Waals surface area contributed by atoms with Crippen LogP contribution in [0.25, 0.3) is 0 Å². The quantitative estimate of drug-likeness (QED) is 0.457. The molecular formula is C9H16N2O4. The van der Waals surface area contributed by atoms with Crippen LogP contribution < -0.4 is 10.6 Å². The van der Waals surface area contributed by atoms with Crippen molar-refractivity contribution in [1.82, 2.24) is 10.6 Å². The summed E-state index contributed by atoms with van der Waals surface area (Å²) in [6.45, 7) is 1.03. The Morgan fingerprint density at radius 1 is 1.53 bits per heavy atom. The number of carboxylic acids is 1. The second-order valence-electron chi connectivity index (χ2n) is 3.58. The summed E-state index contributed by atoms with van der Waals surface area (Å²) in [6.07, 6.45) is 0.429. The number of nitrogens with one attached hydrogen (secondary N) is 2. The molecule has 0 aromatic rings. The molecule has 0 aromatic carbocycles. The minimum atomic E-state index is -1.40. The van der Waals surface area contributed by atoms with E-state index in [0.717, 1.165) is 19.4 Å². The maximum absolute atomic E-state index is 11.4. The number of aliphatic carboxylic acids is 1. The monoisotopic (exact) mass is 216 g/mol. The summed E-state index contributed by atoms with van der Waals surface area (Å²) >= 11 is 0. The van der Waals surface area contributed by atoms with E-state index in [2.05, 4.69) is 10.6 Å². The number of carbonyl (C=O) groups excluding carboxylic acids is 1. The van der Waals surface area contributed by atoms with Gasteiger partial charge >= 0.3 is 5.97 Å². The number of aliphatic hydroxyl groups excluding tert-OH is 1. The molecule has 6 nitrogen and oxygen atoms in total. The Kier molecular flexibility index (Phi) is 4.51. The van der Waals surface area contributed by atoms with Crippen LogP contribution in [0.5, 0.6) is 0 Å². The van der Waals surface area contributed by atoms with E-state index in [0.29, 0.717) is 0 Å². The molecule has 2 atom stereocenters. The fourth-order valence-corrected chi connectivity index (χ4v) is 1.49. The van der Waals surface area contributed by atoms with Crippen LogP contribution in [0.1, 0.15) is 19.3 Å². The SMILES string of the molecule is O=C(NCC[C@H](O)C(=O)O)C1CCCN1. The molecule has 0 bridgehead atoms. The largest absolute Gasteiger partial charge is 0.479 e. The van der Waals surface area contributed by atoms with Crippen LogP contribution in [0.3, 0.4) is 0 Å². The van der Waals surface area contributed by atoms with E-state index in [-0.39, 0.29) is 24.9 Å². The van der Waals surface area contributed by atoms with Crippen molar-refractivity contribution in [3.8, 4) is 0 Å². The van der Waals surface area contributed by atoms with E-state index in [9.17, 15) is 9.59 Å². The molecule has 0 spiro atoms. The van der Waals surface area contributed by atoms with Crippen molar-refractivity contribution in [2.24, 2.45) is 0 Å². The van der Waals surface area contributed by atoms with Gasteiger partial charge in [-0.25, -0.2) is 4.79 Å². The smallest absolute Gasteiger partial charge is 0.332 e. The molecule has 0 aromatic heterocycles. The van der Waals surface area contributed by atoms with Crippen molar-refractivity contribution in [1.29, 1.82) is 0 Å². The van der Waals surface area contributed by atoms with E-state index >= 15 is 0 Å². The molecule has 15 heavy (non-hydrogen) atoms. The fraction of sp³-hybridized carbons (Fsp3) is 0.778. The normalized spacial score (nSPS) is 22.3. The number of rotatable bonds is 5. The maximum Gasteiger partial charge on any atom is 0.332 e. The van der Waals surface area contributed by atoms with Gasteiger partial charge in [0, 0.05) is 13.0 Å². The molecule has 1 aliphatic rings. The van der Waals surface area contributed by atoms with E-state index in [4.69, 9.17) is 10.2 Å². The maximum atomic E-state index is 11.4. The first-order chi connectivity index (χ1) is 7.11. The molecule has 86 valence electrons. The number of carbonyl (C=O) groups is 2. The first-order valence-electron chi connectivity index (χ1n) is 5.03. The van der Waals surface area contributed by atoms with Crippen molar-refractivity contribution in [3.63, 3.8) is 0 Å². The highest BCUT2D eigenvalue weighted by Crippen LogP contribution is 2.04. The Hall–Kier alpha value is -1.14. The van der Waals surface area contributed by atoms with Crippen LogP contribution in [-0.2, 0) is 9.59 Å². The summed E-state index contributed by atoms with van der Waals surface area (Å²) in [6, 6.07) is -0.160. The molecule has 1 aliphatic heterocycles. The van der Waals surface area contributed by atoms with Gasteiger partial charge in [-0.3, -0.25) is 4.79 Å². The highest BCUT2D eigenvalue weighted by Gasteiger charge is 2.21. The van der Waals surface area contributed by atoms with Crippen LogP contribution in [0.2, 0.25) is 0 Å². The topological polar surface area (TPSA) is 98.7 Å². The second-order valence-corrected chi connectivity index (χ2v) is 3.58. The van der Waals surface area contributed by atoms with E-state index in [1.165, 1.54) is 0 Å². The molecule has 0 aliphatic carbocycles. The lowest BCUT2D eigenvalue weighted by atomic mass is 10.2. The molecule has 6 heteroatoms. The summed E-state index contributed by atoms with van der Waals surface area (Å²) < 4.78 is 0. The number of amides is 1. The zero-order valence-corrected chi connectivity index (χ0v) is 8.40. The summed E-state index contributed by atoms with van der Waals surface area (Å²) in [5, 5.41) is 22.9. The standard InChI is InChI=1S/C9H16N2O4/c12-7(9(14)15)3-5-11-8(13)6-2-1-4-10-6/h6-7,10,12H,1-5H2,(H,11,13)(H,14,15)/t6?,7-/m0/s1. The summed E-state index contributed by atoms with van der Waals surface area (Å²) in [5.74, 6) is -1.38. The Morgan fingerprint density at radius 2 is 2.27 bits per heavy atom. The molecule has 0 radical (unpaired) electrons. The predicted molar refractivity (Wildman–Crippen MR) is 52.3 cm³/mol. The fourth-order valence-electron chi connectivity index (χ4n) is 1.49. The van der Waals surface area contributed by atoms with Crippen molar-refractivity contribution in [3.05, 3.63) is 0 Å². The third kappa shape index (κ3) is 3.85. The lowest BCUT2D eigenvalue weighted by Gasteiger charge is -2.11. The van der Waals surface area contributed by atoms with Crippen LogP contribution in [0, 0.1) is 0 Å². The molecule has 1 heterocycles. The lowest BCUT2D eigenvalue weighted by Crippen LogP contribution is -2.41. The first kappa shape index (κ1) is 11.9. The van der Waals surface area contributed by atoms with Gasteiger partial charge in [-0.05, 0) is 19.4 Å². The van der Waals surface area contributed by atoms with Gasteiger partial charge in [-0.1, -0.05) is 0 Å². The van der Waals surface area contributed by atoms with Crippen LogP contribution in [-0.4, -0.2) is 47.3 Å². The highest BCUT2D eigenvalue weighted by atomic mass is 16.4. The van der Waals surface area contributed by atoms with Gasteiger partial charge in [-0.15, -0.1) is 0 Å². The Morgan fingerprint density at radius 3 is 2.80 bits per heavy atom. The molecule has 1 rings (SSSR count). The van der Waals surface area contributed by atoms with Crippen molar-refractivity contribution in [2.45, 2.75) is 31.4 Å². The minimum Gasteiger partial charge on any atom is -0.479 e. The van der Waals surface area contributed by atoms with Crippen LogP contribution in [0.4, 0.5) is 0 Å². The Bertz CT molecular complexity index is 238. The van der Waals surface area contributed by atoms with E-state index in [1.807, 2.05) is 0 Å². The number of hydrogen-bond acceptors (Lipinski definition) is 4.